The zero-order valence-corrected chi connectivity index (χ0v) is 14.2. The first-order valence-electron chi connectivity index (χ1n) is 8.10. The summed E-state index contributed by atoms with van der Waals surface area (Å²) in [5.41, 5.74) is 3.60. The molecule has 1 aromatic rings. The molecule has 2 rings (SSSR count). The van der Waals surface area contributed by atoms with E-state index in [1.165, 1.54) is 0 Å². The van der Waals surface area contributed by atoms with E-state index >= 15 is 0 Å². The summed E-state index contributed by atoms with van der Waals surface area (Å²) >= 11 is 0. The number of carbonyl (C=O) groups is 2. The highest BCUT2D eigenvalue weighted by Crippen LogP contribution is 2.28. The number of ether oxygens (including phenoxy) is 2. The number of hydrogen-bond donors (Lipinski definition) is 2. The Morgan fingerprint density at radius 3 is 2.42 bits per heavy atom. The third-order valence-electron chi connectivity index (χ3n) is 3.41. The molecule has 0 radical (unpaired) electrons. The standard InChI is InChI=1S/C17H23N3O4/c1-4-23-14-9-6-12(10-15(14)24-5-2)11(3)19-20-17(22)16(21)18-13-7-8-13/h6,9-10,13H,4-5,7-8H2,1-3H3,(H,18,21)(H,20,22)/b19-11-. The Bertz CT molecular complexity index is 639. The van der Waals surface area contributed by atoms with Crippen LogP contribution in [0.15, 0.2) is 23.3 Å². The summed E-state index contributed by atoms with van der Waals surface area (Å²) < 4.78 is 11.1. The summed E-state index contributed by atoms with van der Waals surface area (Å²) in [6.45, 7) is 6.58. The van der Waals surface area contributed by atoms with Gasteiger partial charge < -0.3 is 14.8 Å². The first-order chi connectivity index (χ1) is 11.5. The molecule has 0 heterocycles. The molecule has 0 bridgehead atoms. The topological polar surface area (TPSA) is 89.0 Å². The third kappa shape index (κ3) is 4.97. The van der Waals surface area contributed by atoms with E-state index in [0.717, 1.165) is 18.4 Å². The molecule has 0 aliphatic heterocycles. The van der Waals surface area contributed by atoms with Crippen LogP contribution in [0.5, 0.6) is 11.5 Å². The lowest BCUT2D eigenvalue weighted by Gasteiger charge is -2.12. The second-order valence-electron chi connectivity index (χ2n) is 5.41. The molecule has 7 heteroatoms. The average Bonchev–Trinajstić information content (AvgIpc) is 3.38. The molecule has 0 atom stereocenters. The van der Waals surface area contributed by atoms with Gasteiger partial charge in [0.15, 0.2) is 11.5 Å². The first kappa shape index (κ1) is 17.8. The number of nitrogens with one attached hydrogen (secondary N) is 2. The third-order valence-corrected chi connectivity index (χ3v) is 3.41. The minimum atomic E-state index is -0.766. The van der Waals surface area contributed by atoms with Gasteiger partial charge in [-0.1, -0.05) is 0 Å². The van der Waals surface area contributed by atoms with Crippen LogP contribution < -0.4 is 20.2 Å². The van der Waals surface area contributed by atoms with Crippen molar-refractivity contribution in [3.8, 4) is 11.5 Å². The summed E-state index contributed by atoms with van der Waals surface area (Å²) in [7, 11) is 0. The second kappa shape index (κ2) is 8.33. The maximum absolute atomic E-state index is 11.7. The van der Waals surface area contributed by atoms with Gasteiger partial charge in [0.2, 0.25) is 0 Å². The largest absolute Gasteiger partial charge is 0.490 e. The Morgan fingerprint density at radius 1 is 1.12 bits per heavy atom. The Kier molecular flexibility index (Phi) is 6.17. The van der Waals surface area contributed by atoms with E-state index in [4.69, 9.17) is 9.47 Å². The number of benzene rings is 1. The van der Waals surface area contributed by atoms with Gasteiger partial charge in [-0.2, -0.15) is 5.10 Å². The summed E-state index contributed by atoms with van der Waals surface area (Å²) in [6.07, 6.45) is 1.85. The minimum Gasteiger partial charge on any atom is -0.490 e. The summed E-state index contributed by atoms with van der Waals surface area (Å²) in [5.74, 6) is -0.152. The van der Waals surface area contributed by atoms with Crippen molar-refractivity contribution in [1.29, 1.82) is 0 Å². The molecule has 7 nitrogen and oxygen atoms in total. The van der Waals surface area contributed by atoms with Crippen LogP contribution >= 0.6 is 0 Å². The van der Waals surface area contributed by atoms with Crippen molar-refractivity contribution in [1.82, 2.24) is 10.7 Å². The molecule has 1 aliphatic rings. The number of amides is 2. The van der Waals surface area contributed by atoms with Crippen LogP contribution in [-0.2, 0) is 9.59 Å². The van der Waals surface area contributed by atoms with E-state index in [1.54, 1.807) is 19.1 Å². The van der Waals surface area contributed by atoms with Gasteiger partial charge in [-0.15, -0.1) is 0 Å². The molecule has 1 aromatic carbocycles. The number of carbonyl (C=O) groups excluding carboxylic acids is 2. The molecule has 0 aromatic heterocycles. The number of rotatable bonds is 7. The van der Waals surface area contributed by atoms with Crippen molar-refractivity contribution in [2.75, 3.05) is 13.2 Å². The van der Waals surface area contributed by atoms with Gasteiger partial charge in [0, 0.05) is 11.6 Å². The van der Waals surface area contributed by atoms with Gasteiger partial charge in [-0.3, -0.25) is 9.59 Å². The lowest BCUT2D eigenvalue weighted by molar-refractivity contribution is -0.139. The van der Waals surface area contributed by atoms with Gasteiger partial charge in [-0.25, -0.2) is 5.43 Å². The van der Waals surface area contributed by atoms with E-state index in [0.29, 0.717) is 30.4 Å². The van der Waals surface area contributed by atoms with Crippen LogP contribution in [0.4, 0.5) is 0 Å². The molecule has 130 valence electrons. The van der Waals surface area contributed by atoms with Crippen LogP contribution in [0.1, 0.15) is 39.2 Å². The predicted molar refractivity (Wildman–Crippen MR) is 90.3 cm³/mol. The van der Waals surface area contributed by atoms with E-state index in [9.17, 15) is 9.59 Å². The Labute approximate surface area is 141 Å². The lowest BCUT2D eigenvalue weighted by atomic mass is 10.1. The monoisotopic (exact) mass is 333 g/mol. The molecule has 0 unspecified atom stereocenters. The van der Waals surface area contributed by atoms with Crippen LogP contribution in [0, 0.1) is 0 Å². The van der Waals surface area contributed by atoms with Crippen LogP contribution in [-0.4, -0.2) is 36.8 Å². The average molecular weight is 333 g/mol. The fourth-order valence-electron chi connectivity index (χ4n) is 2.00. The fourth-order valence-corrected chi connectivity index (χ4v) is 2.00. The predicted octanol–water partition coefficient (Wildman–Crippen LogP) is 1.60. The van der Waals surface area contributed by atoms with Crippen LogP contribution in [0.25, 0.3) is 0 Å². The summed E-state index contributed by atoms with van der Waals surface area (Å²) in [4.78, 5) is 23.2. The van der Waals surface area contributed by atoms with Gasteiger partial charge in [0.25, 0.3) is 0 Å². The quantitative estimate of drug-likeness (QED) is 0.451. The summed E-state index contributed by atoms with van der Waals surface area (Å²) in [5, 5.41) is 6.59. The minimum absolute atomic E-state index is 0.133. The molecule has 2 N–H and O–H groups in total. The molecule has 1 aliphatic carbocycles. The Morgan fingerprint density at radius 2 is 1.79 bits per heavy atom. The van der Waals surface area contributed by atoms with Gasteiger partial charge >= 0.3 is 11.8 Å². The van der Waals surface area contributed by atoms with Crippen molar-refractivity contribution in [2.45, 2.75) is 39.7 Å². The zero-order chi connectivity index (χ0) is 17.5. The summed E-state index contributed by atoms with van der Waals surface area (Å²) in [6, 6.07) is 5.55. The fraction of sp³-hybridized carbons (Fsp3) is 0.471. The zero-order valence-electron chi connectivity index (χ0n) is 14.2. The van der Waals surface area contributed by atoms with Gasteiger partial charge in [0.1, 0.15) is 0 Å². The van der Waals surface area contributed by atoms with Gasteiger partial charge in [-0.05, 0) is 51.8 Å². The SMILES string of the molecule is CCOc1ccc(/C(C)=N\NC(=O)C(=O)NC2CC2)cc1OCC. The molecular weight excluding hydrogens is 310 g/mol. The molecular formula is C17H23N3O4. The highest BCUT2D eigenvalue weighted by atomic mass is 16.5. The maximum Gasteiger partial charge on any atom is 0.329 e. The van der Waals surface area contributed by atoms with Gasteiger partial charge in [0.05, 0.1) is 18.9 Å². The Balaban J connectivity index is 2.04. The number of hydrazone groups is 1. The number of nitrogens with zero attached hydrogens (tertiary/aromatic N) is 1. The first-order valence-corrected chi connectivity index (χ1v) is 8.10. The maximum atomic E-state index is 11.7. The van der Waals surface area contributed by atoms with E-state index < -0.39 is 11.8 Å². The normalized spacial score (nSPS) is 14.0. The Hall–Kier alpha value is -2.57. The van der Waals surface area contributed by atoms with E-state index in [1.807, 2.05) is 19.9 Å². The lowest BCUT2D eigenvalue weighted by Crippen LogP contribution is -2.39. The second-order valence-corrected chi connectivity index (χ2v) is 5.41. The molecule has 1 fully saturated rings. The highest BCUT2D eigenvalue weighted by molar-refractivity contribution is 6.35. The van der Waals surface area contributed by atoms with Crippen LogP contribution in [0.3, 0.4) is 0 Å². The molecule has 1 saturated carbocycles. The molecule has 0 spiro atoms. The van der Waals surface area contributed by atoms with Crippen LogP contribution in [0.2, 0.25) is 0 Å². The smallest absolute Gasteiger partial charge is 0.329 e. The van der Waals surface area contributed by atoms with Crippen molar-refractivity contribution < 1.29 is 19.1 Å². The van der Waals surface area contributed by atoms with E-state index in [2.05, 4.69) is 15.8 Å². The molecule has 0 saturated heterocycles. The molecule has 24 heavy (non-hydrogen) atoms. The van der Waals surface area contributed by atoms with Crippen molar-refractivity contribution in [3.63, 3.8) is 0 Å². The van der Waals surface area contributed by atoms with E-state index in [-0.39, 0.29) is 6.04 Å². The van der Waals surface area contributed by atoms with Crippen molar-refractivity contribution in [2.24, 2.45) is 5.10 Å². The van der Waals surface area contributed by atoms with Crippen molar-refractivity contribution >= 4 is 17.5 Å². The highest BCUT2D eigenvalue weighted by Gasteiger charge is 2.26. The molecule has 2 amide bonds. The van der Waals surface area contributed by atoms with Crippen molar-refractivity contribution in [3.05, 3.63) is 23.8 Å². The number of hydrogen-bond acceptors (Lipinski definition) is 5.